The van der Waals surface area contributed by atoms with Gasteiger partial charge < -0.3 is 10.0 Å². The third-order valence-electron chi connectivity index (χ3n) is 4.48. The molecule has 2 aliphatic rings. The Morgan fingerprint density at radius 2 is 2.05 bits per heavy atom. The average Bonchev–Trinajstić information content (AvgIpc) is 2.94. The first-order valence-corrected chi connectivity index (χ1v) is 8.07. The summed E-state index contributed by atoms with van der Waals surface area (Å²) in [5, 5.41) is 20.9. The van der Waals surface area contributed by atoms with Crippen LogP contribution in [0.4, 0.5) is 0 Å². The molecule has 1 amide bonds. The number of aliphatic hydroxyl groups is 1. The summed E-state index contributed by atoms with van der Waals surface area (Å²) in [6.07, 6.45) is 2.77. The van der Waals surface area contributed by atoms with E-state index in [0.717, 1.165) is 56.8 Å². The summed E-state index contributed by atoms with van der Waals surface area (Å²) in [6.45, 7) is 7.35. The van der Waals surface area contributed by atoms with E-state index in [1.165, 1.54) is 0 Å². The van der Waals surface area contributed by atoms with E-state index in [4.69, 9.17) is 0 Å². The van der Waals surface area contributed by atoms with Gasteiger partial charge >= 0.3 is 0 Å². The van der Waals surface area contributed by atoms with E-state index in [1.54, 1.807) is 0 Å². The van der Waals surface area contributed by atoms with Gasteiger partial charge in [0.1, 0.15) is 0 Å². The van der Waals surface area contributed by atoms with Crippen LogP contribution in [0.2, 0.25) is 0 Å². The highest BCUT2D eigenvalue weighted by molar-refractivity contribution is 5.83. The van der Waals surface area contributed by atoms with E-state index in [9.17, 15) is 9.90 Å². The van der Waals surface area contributed by atoms with Gasteiger partial charge in [0.05, 0.1) is 22.9 Å². The molecule has 0 aromatic carbocycles. The topological polar surface area (TPSA) is 85.4 Å². The van der Waals surface area contributed by atoms with Crippen LogP contribution in [0.5, 0.6) is 0 Å². The number of aromatic amines is 1. The average molecular weight is 307 g/mol. The zero-order valence-electron chi connectivity index (χ0n) is 13.4. The lowest BCUT2D eigenvalue weighted by Gasteiger charge is -2.38. The number of carbonyl (C=O) groups excluding carboxylic acids is 1. The highest BCUT2D eigenvalue weighted by Crippen LogP contribution is 2.30. The zero-order valence-corrected chi connectivity index (χ0v) is 13.4. The van der Waals surface area contributed by atoms with E-state index in [0.29, 0.717) is 6.54 Å². The minimum atomic E-state index is -0.689. The molecule has 1 fully saturated rings. The molecule has 0 radical (unpaired) electrons. The first-order chi connectivity index (χ1) is 10.4. The molecule has 1 aliphatic carbocycles. The Morgan fingerprint density at radius 1 is 1.32 bits per heavy atom. The molecule has 3 rings (SSSR count). The lowest BCUT2D eigenvalue weighted by atomic mass is 9.88. The van der Waals surface area contributed by atoms with Crippen molar-refractivity contribution in [3.8, 4) is 0 Å². The van der Waals surface area contributed by atoms with Crippen LogP contribution in [-0.2, 0) is 11.2 Å². The van der Waals surface area contributed by atoms with Gasteiger partial charge in [-0.1, -0.05) is 0 Å². The molecule has 0 spiro atoms. The first-order valence-electron chi connectivity index (χ1n) is 8.07. The van der Waals surface area contributed by atoms with Crippen molar-refractivity contribution in [2.24, 2.45) is 0 Å². The van der Waals surface area contributed by atoms with Crippen molar-refractivity contribution in [3.63, 3.8) is 0 Å². The number of H-pyrrole nitrogens is 1. The summed E-state index contributed by atoms with van der Waals surface area (Å²) < 4.78 is 0. The Hall–Kier alpha value is -1.47. The monoisotopic (exact) mass is 307 g/mol. The molecule has 2 N–H and O–H groups in total. The number of β-amino-alcohol motifs (C(OH)–C–C–N with tert-alkyl or cyclic N) is 1. The van der Waals surface area contributed by atoms with Crippen molar-refractivity contribution in [1.82, 2.24) is 25.2 Å². The van der Waals surface area contributed by atoms with Gasteiger partial charge in [-0.05, 0) is 33.1 Å². The SMILES string of the molecule is CC(C)(O)CN1CCN(C(=O)C2CCCc3n[nH]nc32)CC1. The molecule has 0 bridgehead atoms. The van der Waals surface area contributed by atoms with Gasteiger partial charge in [-0.25, -0.2) is 0 Å². The number of aryl methyl sites for hydroxylation is 1. The van der Waals surface area contributed by atoms with Gasteiger partial charge in [0.2, 0.25) is 5.91 Å². The molecule has 7 nitrogen and oxygen atoms in total. The summed E-state index contributed by atoms with van der Waals surface area (Å²) in [5.41, 5.74) is 1.10. The van der Waals surface area contributed by atoms with Crippen LogP contribution in [0.3, 0.4) is 0 Å². The van der Waals surface area contributed by atoms with E-state index < -0.39 is 5.60 Å². The lowest BCUT2D eigenvalue weighted by Crippen LogP contribution is -2.53. The number of aromatic nitrogens is 3. The molecule has 1 atom stereocenters. The molecule has 22 heavy (non-hydrogen) atoms. The normalized spacial score (nSPS) is 23.4. The van der Waals surface area contributed by atoms with Crippen LogP contribution < -0.4 is 0 Å². The van der Waals surface area contributed by atoms with Crippen LogP contribution in [0.25, 0.3) is 0 Å². The Bertz CT molecular complexity index is 528. The minimum Gasteiger partial charge on any atom is -0.389 e. The number of fused-ring (bicyclic) bond motifs is 1. The molecule has 1 aromatic heterocycles. The highest BCUT2D eigenvalue weighted by atomic mass is 16.3. The smallest absolute Gasteiger partial charge is 0.231 e. The molecule has 1 unspecified atom stereocenters. The molecular weight excluding hydrogens is 282 g/mol. The second kappa shape index (κ2) is 5.96. The van der Waals surface area contributed by atoms with E-state index >= 15 is 0 Å². The summed E-state index contributed by atoms with van der Waals surface area (Å²) in [5.74, 6) is 0.0427. The second-order valence-corrected chi connectivity index (χ2v) is 7.01. The van der Waals surface area contributed by atoms with Gasteiger partial charge in [-0.2, -0.15) is 15.4 Å². The zero-order chi connectivity index (χ0) is 15.7. The Morgan fingerprint density at radius 3 is 2.73 bits per heavy atom. The van der Waals surface area contributed by atoms with Crippen molar-refractivity contribution < 1.29 is 9.90 Å². The largest absolute Gasteiger partial charge is 0.389 e. The maximum absolute atomic E-state index is 12.8. The molecule has 7 heteroatoms. The Labute approximate surface area is 130 Å². The molecule has 0 saturated carbocycles. The van der Waals surface area contributed by atoms with Crippen LogP contribution in [0, 0.1) is 0 Å². The molecule has 1 aromatic rings. The van der Waals surface area contributed by atoms with E-state index in [2.05, 4.69) is 20.3 Å². The van der Waals surface area contributed by atoms with Crippen LogP contribution in [-0.4, -0.2) is 74.5 Å². The fourth-order valence-electron chi connectivity index (χ4n) is 3.47. The van der Waals surface area contributed by atoms with Crippen molar-refractivity contribution in [2.75, 3.05) is 32.7 Å². The summed E-state index contributed by atoms with van der Waals surface area (Å²) in [6, 6.07) is 0. The van der Waals surface area contributed by atoms with Crippen LogP contribution >= 0.6 is 0 Å². The van der Waals surface area contributed by atoms with Gasteiger partial charge in [0.15, 0.2) is 0 Å². The quantitative estimate of drug-likeness (QED) is 0.830. The molecule has 1 saturated heterocycles. The minimum absolute atomic E-state index is 0.136. The molecule has 122 valence electrons. The first kappa shape index (κ1) is 15.4. The Kier molecular flexibility index (Phi) is 4.18. The van der Waals surface area contributed by atoms with Crippen molar-refractivity contribution >= 4 is 5.91 Å². The van der Waals surface area contributed by atoms with Gasteiger partial charge in [0.25, 0.3) is 0 Å². The fraction of sp³-hybridized carbons (Fsp3) is 0.800. The highest BCUT2D eigenvalue weighted by Gasteiger charge is 2.34. The van der Waals surface area contributed by atoms with Crippen molar-refractivity contribution in [3.05, 3.63) is 11.4 Å². The third kappa shape index (κ3) is 3.30. The maximum Gasteiger partial charge on any atom is 0.231 e. The van der Waals surface area contributed by atoms with Gasteiger partial charge in [-0.15, -0.1) is 0 Å². The summed E-state index contributed by atoms with van der Waals surface area (Å²) >= 11 is 0. The molecular formula is C15H25N5O2. The van der Waals surface area contributed by atoms with Crippen molar-refractivity contribution in [2.45, 2.75) is 44.6 Å². The number of piperazine rings is 1. The standard InChI is InChI=1S/C15H25N5O2/c1-15(2,22)10-19-6-8-20(9-7-19)14(21)11-4-3-5-12-13(11)17-18-16-12/h11,22H,3-10H2,1-2H3,(H,16,17,18). The van der Waals surface area contributed by atoms with Crippen molar-refractivity contribution in [1.29, 1.82) is 0 Å². The third-order valence-corrected chi connectivity index (χ3v) is 4.48. The number of amides is 1. The number of rotatable bonds is 3. The fourth-order valence-corrected chi connectivity index (χ4v) is 3.47. The van der Waals surface area contributed by atoms with E-state index in [1.807, 2.05) is 18.7 Å². The predicted octanol–water partition coefficient (Wildman–Crippen LogP) is 0.140. The molecule has 2 heterocycles. The van der Waals surface area contributed by atoms with Crippen LogP contribution in [0.15, 0.2) is 0 Å². The summed E-state index contributed by atoms with van der Waals surface area (Å²) in [4.78, 5) is 16.9. The second-order valence-electron chi connectivity index (χ2n) is 7.01. The summed E-state index contributed by atoms with van der Waals surface area (Å²) in [7, 11) is 0. The lowest BCUT2D eigenvalue weighted by molar-refractivity contribution is -0.135. The number of carbonyl (C=O) groups is 1. The predicted molar refractivity (Wildman–Crippen MR) is 81.4 cm³/mol. The number of hydrogen-bond donors (Lipinski definition) is 2. The van der Waals surface area contributed by atoms with Gasteiger partial charge in [0, 0.05) is 32.7 Å². The number of hydrogen-bond acceptors (Lipinski definition) is 5. The number of nitrogens with zero attached hydrogens (tertiary/aromatic N) is 4. The molecule has 1 aliphatic heterocycles. The van der Waals surface area contributed by atoms with E-state index in [-0.39, 0.29) is 11.8 Å². The van der Waals surface area contributed by atoms with Gasteiger partial charge in [-0.3, -0.25) is 9.69 Å². The Balaban J connectivity index is 1.59. The van der Waals surface area contributed by atoms with Crippen LogP contribution in [0.1, 0.15) is 44.0 Å². The maximum atomic E-state index is 12.8. The number of nitrogens with one attached hydrogen (secondary N) is 1.